The van der Waals surface area contributed by atoms with E-state index in [4.69, 9.17) is 11.6 Å². The molecule has 4 rings (SSSR count). The van der Waals surface area contributed by atoms with Crippen LogP contribution >= 0.6 is 11.6 Å². The number of rotatable bonds is 2. The van der Waals surface area contributed by atoms with E-state index in [1.165, 1.54) is 5.56 Å². The Morgan fingerprint density at radius 3 is 2.75 bits per heavy atom. The van der Waals surface area contributed by atoms with Gasteiger partial charge >= 0.3 is 0 Å². The monoisotopic (exact) mass is 336 g/mol. The van der Waals surface area contributed by atoms with Crippen LogP contribution in [0.1, 0.15) is 39.5 Å². The van der Waals surface area contributed by atoms with Crippen molar-refractivity contribution in [2.45, 2.75) is 25.7 Å². The van der Waals surface area contributed by atoms with Gasteiger partial charge in [-0.1, -0.05) is 35.9 Å². The van der Waals surface area contributed by atoms with Crippen LogP contribution in [0.15, 0.2) is 54.7 Å². The number of benzene rings is 2. The third kappa shape index (κ3) is 2.65. The minimum absolute atomic E-state index is 0.143. The molecule has 1 aromatic heterocycles. The normalized spacial score (nSPS) is 16.9. The van der Waals surface area contributed by atoms with Crippen LogP contribution in [0.25, 0.3) is 5.69 Å². The number of Topliss-reactive ketones (excluding diaryl/α,β-unsaturated/α-hetero) is 1. The van der Waals surface area contributed by atoms with Gasteiger partial charge in [0, 0.05) is 11.4 Å². The lowest BCUT2D eigenvalue weighted by molar-refractivity contribution is 0.0963. The van der Waals surface area contributed by atoms with E-state index in [-0.39, 0.29) is 11.7 Å². The first-order valence-corrected chi connectivity index (χ1v) is 8.42. The number of fused-ring (bicyclic) bond motifs is 1. The average molecular weight is 337 g/mol. The first-order valence-electron chi connectivity index (χ1n) is 8.04. The summed E-state index contributed by atoms with van der Waals surface area (Å²) in [6.07, 6.45) is 3.00. The zero-order valence-corrected chi connectivity index (χ0v) is 14.1. The number of halogens is 1. The van der Waals surface area contributed by atoms with Crippen molar-refractivity contribution in [2.75, 3.05) is 0 Å². The Morgan fingerprint density at radius 1 is 1.12 bits per heavy atom. The van der Waals surface area contributed by atoms with E-state index in [2.05, 4.69) is 24.2 Å². The van der Waals surface area contributed by atoms with Gasteiger partial charge in [-0.15, -0.1) is 0 Å². The molecule has 0 radical (unpaired) electrons. The number of aromatic nitrogens is 2. The third-order valence-corrected chi connectivity index (χ3v) is 4.84. The third-order valence-electron chi connectivity index (χ3n) is 4.61. The lowest BCUT2D eigenvalue weighted by Gasteiger charge is -2.23. The van der Waals surface area contributed by atoms with Crippen molar-refractivity contribution >= 4 is 17.4 Å². The van der Waals surface area contributed by atoms with Crippen LogP contribution in [0.2, 0.25) is 5.02 Å². The summed E-state index contributed by atoms with van der Waals surface area (Å²) in [5.41, 5.74) is 5.01. The molecule has 3 aromatic rings. The van der Waals surface area contributed by atoms with E-state index < -0.39 is 0 Å². The number of aryl methyl sites for hydroxylation is 1. The highest BCUT2D eigenvalue weighted by atomic mass is 35.5. The molecule has 120 valence electrons. The highest BCUT2D eigenvalue weighted by Crippen LogP contribution is 2.34. The largest absolute Gasteiger partial charge is 0.294 e. The Hall–Kier alpha value is -2.39. The highest BCUT2D eigenvalue weighted by Gasteiger charge is 2.30. The SMILES string of the molecule is Cc1cccc(-n2ncc3c2CC(c2cccc(Cl)c2)CC3=O)c1. The van der Waals surface area contributed by atoms with Crippen LogP contribution in [0.3, 0.4) is 0 Å². The number of ketones is 1. The zero-order chi connectivity index (χ0) is 16.7. The molecular weight excluding hydrogens is 320 g/mol. The van der Waals surface area contributed by atoms with Crippen LogP contribution in [-0.4, -0.2) is 15.6 Å². The van der Waals surface area contributed by atoms with Gasteiger partial charge in [0.25, 0.3) is 0 Å². The van der Waals surface area contributed by atoms with Crippen molar-refractivity contribution in [3.8, 4) is 5.69 Å². The summed E-state index contributed by atoms with van der Waals surface area (Å²) in [7, 11) is 0. The molecule has 0 saturated carbocycles. The molecule has 24 heavy (non-hydrogen) atoms. The maximum absolute atomic E-state index is 12.6. The van der Waals surface area contributed by atoms with Crippen molar-refractivity contribution in [1.82, 2.24) is 9.78 Å². The van der Waals surface area contributed by atoms with Crippen molar-refractivity contribution < 1.29 is 4.79 Å². The number of hydrogen-bond acceptors (Lipinski definition) is 2. The zero-order valence-electron chi connectivity index (χ0n) is 13.4. The predicted octanol–water partition coefficient (Wildman–Crippen LogP) is 4.75. The summed E-state index contributed by atoms with van der Waals surface area (Å²) in [5, 5.41) is 5.18. The van der Waals surface area contributed by atoms with Gasteiger partial charge in [0.1, 0.15) is 0 Å². The van der Waals surface area contributed by atoms with E-state index in [1.54, 1.807) is 6.20 Å². The first kappa shape index (κ1) is 15.2. The van der Waals surface area contributed by atoms with Gasteiger partial charge < -0.3 is 0 Å². The summed E-state index contributed by atoms with van der Waals surface area (Å²) in [4.78, 5) is 12.6. The lowest BCUT2D eigenvalue weighted by Crippen LogP contribution is -2.20. The second-order valence-corrected chi connectivity index (χ2v) is 6.78. The molecule has 0 amide bonds. The van der Waals surface area contributed by atoms with Crippen molar-refractivity contribution in [3.63, 3.8) is 0 Å². The highest BCUT2D eigenvalue weighted by molar-refractivity contribution is 6.30. The molecule has 2 aromatic carbocycles. The second kappa shape index (κ2) is 5.91. The number of hydrogen-bond donors (Lipinski definition) is 0. The van der Waals surface area contributed by atoms with Crippen molar-refractivity contribution in [2.24, 2.45) is 0 Å². The molecule has 4 heteroatoms. The molecule has 1 atom stereocenters. The molecule has 0 spiro atoms. The van der Waals surface area contributed by atoms with Crippen LogP contribution in [0.4, 0.5) is 0 Å². The van der Waals surface area contributed by atoms with E-state index in [0.717, 1.165) is 28.9 Å². The minimum Gasteiger partial charge on any atom is -0.294 e. The predicted molar refractivity (Wildman–Crippen MR) is 95.1 cm³/mol. The molecule has 3 nitrogen and oxygen atoms in total. The van der Waals surface area contributed by atoms with E-state index in [9.17, 15) is 4.79 Å². The molecule has 0 fully saturated rings. The number of nitrogens with zero attached hydrogens (tertiary/aromatic N) is 2. The smallest absolute Gasteiger partial charge is 0.166 e. The molecule has 1 unspecified atom stereocenters. The topological polar surface area (TPSA) is 34.9 Å². The first-order chi connectivity index (χ1) is 11.6. The van der Waals surface area contributed by atoms with Gasteiger partial charge in [0.2, 0.25) is 0 Å². The average Bonchev–Trinajstić information content (AvgIpc) is 2.99. The second-order valence-electron chi connectivity index (χ2n) is 6.34. The molecule has 0 aliphatic heterocycles. The minimum atomic E-state index is 0.143. The fraction of sp³-hybridized carbons (Fsp3) is 0.200. The summed E-state index contributed by atoms with van der Waals surface area (Å²) in [5.74, 6) is 0.295. The van der Waals surface area contributed by atoms with Gasteiger partial charge in [-0.2, -0.15) is 5.10 Å². The van der Waals surface area contributed by atoms with Gasteiger partial charge in [-0.25, -0.2) is 4.68 Å². The molecule has 1 aliphatic rings. The quantitative estimate of drug-likeness (QED) is 0.677. The van der Waals surface area contributed by atoms with E-state index in [0.29, 0.717) is 11.4 Å². The molecule has 1 heterocycles. The molecular formula is C20H17ClN2O. The summed E-state index contributed by atoms with van der Waals surface area (Å²) >= 11 is 6.12. The fourth-order valence-electron chi connectivity index (χ4n) is 3.42. The standard InChI is InChI=1S/C20H17ClN2O/c1-13-4-2-7-17(8-13)23-19-10-15(11-20(24)18(19)12-22-23)14-5-3-6-16(21)9-14/h2-9,12,15H,10-11H2,1H3. The lowest BCUT2D eigenvalue weighted by atomic mass is 9.82. The molecule has 0 bridgehead atoms. The number of carbonyl (C=O) groups is 1. The Labute approximate surface area is 145 Å². The summed E-state index contributed by atoms with van der Waals surface area (Å²) in [6.45, 7) is 2.05. The number of carbonyl (C=O) groups excluding carboxylic acids is 1. The van der Waals surface area contributed by atoms with E-state index in [1.807, 2.05) is 41.1 Å². The molecule has 0 N–H and O–H groups in total. The van der Waals surface area contributed by atoms with Gasteiger partial charge in [-0.05, 0) is 54.7 Å². The summed E-state index contributed by atoms with van der Waals surface area (Å²) < 4.78 is 1.90. The maximum atomic E-state index is 12.6. The van der Waals surface area contributed by atoms with Gasteiger partial charge in [0.05, 0.1) is 23.1 Å². The van der Waals surface area contributed by atoms with Crippen LogP contribution < -0.4 is 0 Å². The van der Waals surface area contributed by atoms with Crippen LogP contribution in [0.5, 0.6) is 0 Å². The summed E-state index contributed by atoms with van der Waals surface area (Å²) in [6, 6.07) is 16.0. The van der Waals surface area contributed by atoms with Crippen molar-refractivity contribution in [3.05, 3.63) is 82.1 Å². The maximum Gasteiger partial charge on any atom is 0.166 e. The van der Waals surface area contributed by atoms with Gasteiger partial charge in [-0.3, -0.25) is 4.79 Å². The van der Waals surface area contributed by atoms with Gasteiger partial charge in [0.15, 0.2) is 5.78 Å². The van der Waals surface area contributed by atoms with E-state index >= 15 is 0 Å². The Balaban J connectivity index is 1.76. The molecule has 1 aliphatic carbocycles. The Morgan fingerprint density at radius 2 is 1.96 bits per heavy atom. The van der Waals surface area contributed by atoms with Crippen LogP contribution in [-0.2, 0) is 6.42 Å². The van der Waals surface area contributed by atoms with Crippen molar-refractivity contribution in [1.29, 1.82) is 0 Å². The van der Waals surface area contributed by atoms with Crippen LogP contribution in [0, 0.1) is 6.92 Å². The Bertz CT molecular complexity index is 929. The Kier molecular flexibility index (Phi) is 3.73. The molecule has 0 saturated heterocycles. The fourth-order valence-corrected chi connectivity index (χ4v) is 3.62.